The first-order chi connectivity index (χ1) is 9.29. The summed E-state index contributed by atoms with van der Waals surface area (Å²) in [6.45, 7) is 6.57. The highest BCUT2D eigenvalue weighted by Crippen LogP contribution is 2.12. The molecule has 114 valence electrons. The van der Waals surface area contributed by atoms with Crippen LogP contribution in [0, 0.1) is 5.41 Å². The molecule has 0 saturated carbocycles. The van der Waals surface area contributed by atoms with E-state index in [9.17, 15) is 14.4 Å². The first-order valence-electron chi connectivity index (χ1n) is 7.13. The average molecular weight is 283 g/mol. The predicted molar refractivity (Wildman–Crippen MR) is 75.9 cm³/mol. The molecule has 1 aliphatic heterocycles. The van der Waals surface area contributed by atoms with Crippen molar-refractivity contribution >= 4 is 17.7 Å². The van der Waals surface area contributed by atoms with E-state index in [1.807, 2.05) is 20.8 Å². The summed E-state index contributed by atoms with van der Waals surface area (Å²) in [5.74, 6) is 0.00412. The van der Waals surface area contributed by atoms with Crippen molar-refractivity contribution in [2.75, 3.05) is 13.1 Å². The lowest BCUT2D eigenvalue weighted by Crippen LogP contribution is -2.47. The Morgan fingerprint density at radius 2 is 2.05 bits per heavy atom. The van der Waals surface area contributed by atoms with Crippen LogP contribution in [0.1, 0.15) is 46.5 Å². The largest absolute Gasteiger partial charge is 0.356 e. The summed E-state index contributed by atoms with van der Waals surface area (Å²) in [5, 5.41) is 8.43. The molecule has 6 heteroatoms. The van der Waals surface area contributed by atoms with Gasteiger partial charge in [0.2, 0.25) is 17.7 Å². The predicted octanol–water partition coefficient (Wildman–Crippen LogP) is 0.324. The SMILES string of the molecule is CC(C)(C)C(=O)NCCCC(=O)NC1CCC(=O)NC1. The van der Waals surface area contributed by atoms with Gasteiger partial charge in [0.25, 0.3) is 0 Å². The molecule has 3 amide bonds. The Labute approximate surface area is 120 Å². The summed E-state index contributed by atoms with van der Waals surface area (Å²) >= 11 is 0. The summed E-state index contributed by atoms with van der Waals surface area (Å²) in [4.78, 5) is 34.3. The third-order valence-corrected chi connectivity index (χ3v) is 3.18. The van der Waals surface area contributed by atoms with E-state index in [1.54, 1.807) is 0 Å². The van der Waals surface area contributed by atoms with E-state index in [0.717, 1.165) is 0 Å². The molecule has 0 aliphatic carbocycles. The van der Waals surface area contributed by atoms with Gasteiger partial charge in [-0.15, -0.1) is 0 Å². The van der Waals surface area contributed by atoms with Crippen molar-refractivity contribution in [1.29, 1.82) is 0 Å². The van der Waals surface area contributed by atoms with Crippen LogP contribution in [0.5, 0.6) is 0 Å². The Morgan fingerprint density at radius 1 is 1.35 bits per heavy atom. The number of carbonyl (C=O) groups is 3. The highest BCUT2D eigenvalue weighted by Gasteiger charge is 2.21. The number of nitrogens with one attached hydrogen (secondary N) is 3. The fourth-order valence-electron chi connectivity index (χ4n) is 1.87. The highest BCUT2D eigenvalue weighted by molar-refractivity contribution is 5.81. The minimum atomic E-state index is -0.400. The van der Waals surface area contributed by atoms with Crippen LogP contribution in [0.15, 0.2) is 0 Å². The van der Waals surface area contributed by atoms with E-state index in [2.05, 4.69) is 16.0 Å². The van der Waals surface area contributed by atoms with Crippen molar-refractivity contribution < 1.29 is 14.4 Å². The zero-order valence-electron chi connectivity index (χ0n) is 12.5. The van der Waals surface area contributed by atoms with E-state index < -0.39 is 5.41 Å². The highest BCUT2D eigenvalue weighted by atomic mass is 16.2. The molecule has 1 fully saturated rings. The zero-order valence-corrected chi connectivity index (χ0v) is 12.5. The molecule has 1 heterocycles. The summed E-state index contributed by atoms with van der Waals surface area (Å²) in [7, 11) is 0. The molecule has 0 aromatic rings. The van der Waals surface area contributed by atoms with Crippen LogP contribution in [0.4, 0.5) is 0 Å². The van der Waals surface area contributed by atoms with Gasteiger partial charge in [-0.25, -0.2) is 0 Å². The number of carbonyl (C=O) groups excluding carboxylic acids is 3. The minimum absolute atomic E-state index is 0.00657. The van der Waals surface area contributed by atoms with E-state index in [4.69, 9.17) is 0 Å². The second-order valence-electron chi connectivity index (χ2n) is 6.22. The van der Waals surface area contributed by atoms with Crippen LogP contribution in [0.2, 0.25) is 0 Å². The standard InChI is InChI=1S/C14H25N3O3/c1-14(2,3)13(20)15-8-4-5-12(19)17-10-6-7-11(18)16-9-10/h10H,4-9H2,1-3H3,(H,15,20)(H,16,18)(H,17,19). The number of amides is 3. The third-order valence-electron chi connectivity index (χ3n) is 3.18. The van der Waals surface area contributed by atoms with Crippen LogP contribution in [0.25, 0.3) is 0 Å². The maximum absolute atomic E-state index is 11.7. The number of hydrogen-bond donors (Lipinski definition) is 3. The Morgan fingerprint density at radius 3 is 2.60 bits per heavy atom. The van der Waals surface area contributed by atoms with Crippen LogP contribution < -0.4 is 16.0 Å². The maximum Gasteiger partial charge on any atom is 0.225 e. The maximum atomic E-state index is 11.7. The third kappa shape index (κ3) is 6.04. The molecule has 0 spiro atoms. The molecule has 0 aromatic carbocycles. The summed E-state index contributed by atoms with van der Waals surface area (Å²) in [5.41, 5.74) is -0.400. The molecule has 1 unspecified atom stereocenters. The number of piperidine rings is 1. The molecule has 1 aliphatic rings. The fraction of sp³-hybridized carbons (Fsp3) is 0.786. The Hall–Kier alpha value is -1.59. The van der Waals surface area contributed by atoms with Crippen LogP contribution in [-0.2, 0) is 14.4 Å². The van der Waals surface area contributed by atoms with Crippen molar-refractivity contribution in [3.05, 3.63) is 0 Å². The summed E-state index contributed by atoms with van der Waals surface area (Å²) < 4.78 is 0. The van der Waals surface area contributed by atoms with Crippen molar-refractivity contribution in [2.24, 2.45) is 5.41 Å². The normalized spacial score (nSPS) is 19.1. The first-order valence-corrected chi connectivity index (χ1v) is 7.13. The van der Waals surface area contributed by atoms with Gasteiger partial charge in [-0.05, 0) is 12.8 Å². The van der Waals surface area contributed by atoms with Gasteiger partial charge in [0, 0.05) is 37.4 Å². The molecule has 1 saturated heterocycles. The summed E-state index contributed by atoms with van der Waals surface area (Å²) in [6, 6.07) is 0.0318. The van der Waals surface area contributed by atoms with E-state index >= 15 is 0 Å². The smallest absolute Gasteiger partial charge is 0.225 e. The van der Waals surface area contributed by atoms with E-state index in [1.165, 1.54) is 0 Å². The van der Waals surface area contributed by atoms with Gasteiger partial charge in [0.05, 0.1) is 0 Å². The molecule has 0 aromatic heterocycles. The van der Waals surface area contributed by atoms with Gasteiger partial charge < -0.3 is 16.0 Å². The average Bonchev–Trinajstić information content (AvgIpc) is 2.36. The van der Waals surface area contributed by atoms with Gasteiger partial charge in [0.15, 0.2) is 0 Å². The second-order valence-corrected chi connectivity index (χ2v) is 6.22. The minimum Gasteiger partial charge on any atom is -0.356 e. The molecule has 20 heavy (non-hydrogen) atoms. The van der Waals surface area contributed by atoms with Crippen LogP contribution in [0.3, 0.4) is 0 Å². The van der Waals surface area contributed by atoms with Gasteiger partial charge in [-0.2, -0.15) is 0 Å². The monoisotopic (exact) mass is 283 g/mol. The van der Waals surface area contributed by atoms with Crippen LogP contribution >= 0.6 is 0 Å². The lowest BCUT2D eigenvalue weighted by atomic mass is 9.96. The van der Waals surface area contributed by atoms with Gasteiger partial charge >= 0.3 is 0 Å². The van der Waals surface area contributed by atoms with Crippen molar-refractivity contribution in [3.63, 3.8) is 0 Å². The Balaban J connectivity index is 2.11. The summed E-state index contributed by atoms with van der Waals surface area (Å²) in [6.07, 6.45) is 2.16. The van der Waals surface area contributed by atoms with Crippen molar-refractivity contribution in [1.82, 2.24) is 16.0 Å². The number of hydrogen-bond acceptors (Lipinski definition) is 3. The van der Waals surface area contributed by atoms with Gasteiger partial charge in [0.1, 0.15) is 0 Å². The van der Waals surface area contributed by atoms with Crippen LogP contribution in [-0.4, -0.2) is 36.9 Å². The molecular weight excluding hydrogens is 258 g/mol. The molecule has 3 N–H and O–H groups in total. The first kappa shape index (κ1) is 16.5. The molecule has 0 bridgehead atoms. The van der Waals surface area contributed by atoms with Gasteiger partial charge in [-0.1, -0.05) is 20.8 Å². The Kier molecular flexibility index (Phi) is 5.98. The van der Waals surface area contributed by atoms with Crippen molar-refractivity contribution in [3.8, 4) is 0 Å². The zero-order chi connectivity index (χ0) is 15.2. The number of rotatable bonds is 5. The lowest BCUT2D eigenvalue weighted by Gasteiger charge is -2.23. The Bertz CT molecular complexity index is 364. The molecule has 6 nitrogen and oxygen atoms in total. The molecule has 1 atom stereocenters. The quantitative estimate of drug-likeness (QED) is 0.635. The van der Waals surface area contributed by atoms with Crippen molar-refractivity contribution in [2.45, 2.75) is 52.5 Å². The molecular formula is C14H25N3O3. The lowest BCUT2D eigenvalue weighted by molar-refractivity contribution is -0.128. The fourth-order valence-corrected chi connectivity index (χ4v) is 1.87. The second kappa shape index (κ2) is 7.26. The molecule has 0 radical (unpaired) electrons. The van der Waals surface area contributed by atoms with E-state index in [-0.39, 0.29) is 23.8 Å². The van der Waals surface area contributed by atoms with Gasteiger partial charge in [-0.3, -0.25) is 14.4 Å². The topological polar surface area (TPSA) is 87.3 Å². The van der Waals surface area contributed by atoms with E-state index in [0.29, 0.717) is 38.8 Å². The molecule has 1 rings (SSSR count).